The molecule has 0 saturated heterocycles. The van der Waals surface area contributed by atoms with Gasteiger partial charge in [-0.15, -0.1) is 20.0 Å². The van der Waals surface area contributed by atoms with Crippen LogP contribution in [0.5, 0.6) is 0 Å². The summed E-state index contributed by atoms with van der Waals surface area (Å²) in [5.41, 5.74) is 0.219. The van der Waals surface area contributed by atoms with Crippen LogP contribution < -0.4 is 0 Å². The first-order valence-electron chi connectivity index (χ1n) is 8.65. The molecule has 0 spiro atoms. The van der Waals surface area contributed by atoms with E-state index in [9.17, 15) is 15.7 Å². The number of fused-ring (bicyclic) bond motifs is 1. The molecule has 0 unspecified atom stereocenters. The third-order valence-corrected chi connectivity index (χ3v) is 4.16. The monoisotopic (exact) mass is 383 g/mol. The van der Waals surface area contributed by atoms with Gasteiger partial charge in [-0.2, -0.15) is 15.5 Å². The number of aromatic nitrogens is 6. The summed E-state index contributed by atoms with van der Waals surface area (Å²) in [7, 11) is 0. The molecule has 3 aromatic rings. The van der Waals surface area contributed by atoms with E-state index in [0.29, 0.717) is 16.1 Å². The van der Waals surface area contributed by atoms with Crippen LogP contribution in [-0.4, -0.2) is 29.5 Å². The van der Waals surface area contributed by atoms with Gasteiger partial charge in [0.1, 0.15) is 17.5 Å². The second kappa shape index (κ2) is 6.05. The SMILES string of the molecule is Cc1nn2nc(C(C)(C)C)c(N=Nc3c(C#N)c(C(C)(C)C)nn3[O-])c2n1[O-]. The van der Waals surface area contributed by atoms with Crippen LogP contribution in [0.15, 0.2) is 10.2 Å². The second-order valence-electron chi connectivity index (χ2n) is 8.58. The minimum absolute atomic E-state index is 0.0544. The van der Waals surface area contributed by atoms with Gasteiger partial charge in [-0.25, -0.2) is 0 Å². The Morgan fingerprint density at radius 3 is 2.07 bits per heavy atom. The van der Waals surface area contributed by atoms with Crippen LogP contribution in [-0.2, 0) is 10.8 Å². The molecule has 3 rings (SSSR count). The Kier molecular flexibility index (Phi) is 4.18. The van der Waals surface area contributed by atoms with E-state index >= 15 is 0 Å². The van der Waals surface area contributed by atoms with E-state index in [2.05, 4.69) is 25.5 Å². The first kappa shape index (κ1) is 19.3. The highest BCUT2D eigenvalue weighted by molar-refractivity contribution is 5.69. The summed E-state index contributed by atoms with van der Waals surface area (Å²) in [5, 5.41) is 54.6. The molecular weight excluding hydrogens is 362 g/mol. The minimum atomic E-state index is -0.517. The standard InChI is InChI=1S/C17H21N9O2/c1-9-21-25-15(24(9)27)11(13(22-25)17(5,6)7)19-20-14-10(8-18)12(16(2,3)4)23-26(14)28/h1-7H3/q-2. The van der Waals surface area contributed by atoms with Gasteiger partial charge in [0.25, 0.3) is 0 Å². The molecule has 0 aliphatic carbocycles. The van der Waals surface area contributed by atoms with Crippen molar-refractivity contribution >= 4 is 17.2 Å². The third-order valence-electron chi connectivity index (χ3n) is 4.16. The number of aryl methyl sites for hydroxylation is 1. The van der Waals surface area contributed by atoms with Gasteiger partial charge >= 0.3 is 0 Å². The molecule has 0 fully saturated rings. The topological polar surface area (TPSA) is 148 Å². The van der Waals surface area contributed by atoms with Crippen LogP contribution >= 0.6 is 0 Å². The molecule has 0 saturated carbocycles. The maximum atomic E-state index is 12.4. The van der Waals surface area contributed by atoms with Crippen LogP contribution in [0.4, 0.5) is 11.5 Å². The molecule has 0 aliphatic rings. The highest BCUT2D eigenvalue weighted by Crippen LogP contribution is 2.37. The lowest BCUT2D eigenvalue weighted by molar-refractivity contribution is 0.556. The van der Waals surface area contributed by atoms with Crippen molar-refractivity contribution in [2.45, 2.75) is 59.3 Å². The highest BCUT2D eigenvalue weighted by atomic mass is 16.5. The highest BCUT2D eigenvalue weighted by Gasteiger charge is 2.28. The summed E-state index contributed by atoms with van der Waals surface area (Å²) in [5.74, 6) is -0.0127. The van der Waals surface area contributed by atoms with Crippen molar-refractivity contribution in [3.8, 4) is 6.07 Å². The fourth-order valence-electron chi connectivity index (χ4n) is 2.77. The predicted molar refractivity (Wildman–Crippen MR) is 102 cm³/mol. The van der Waals surface area contributed by atoms with Crippen molar-refractivity contribution in [3.05, 3.63) is 33.2 Å². The van der Waals surface area contributed by atoms with E-state index in [4.69, 9.17) is 0 Å². The number of rotatable bonds is 2. The van der Waals surface area contributed by atoms with Gasteiger partial charge in [-0.05, 0) is 6.92 Å². The number of hydrogen-bond donors (Lipinski definition) is 0. The summed E-state index contributed by atoms with van der Waals surface area (Å²) in [6.07, 6.45) is 0. The fraction of sp³-hybridized carbons (Fsp3) is 0.529. The number of nitriles is 1. The quantitative estimate of drug-likeness (QED) is 0.617. The normalized spacial score (nSPS) is 12.9. The van der Waals surface area contributed by atoms with Crippen molar-refractivity contribution in [1.29, 1.82) is 5.26 Å². The van der Waals surface area contributed by atoms with Crippen molar-refractivity contribution in [2.24, 2.45) is 10.2 Å². The van der Waals surface area contributed by atoms with E-state index in [1.165, 1.54) is 4.63 Å². The van der Waals surface area contributed by atoms with E-state index in [0.717, 1.165) is 0 Å². The minimum Gasteiger partial charge on any atom is -0.803 e. The Hall–Kier alpha value is -3.42. The lowest BCUT2D eigenvalue weighted by atomic mass is 9.90. The molecule has 0 bridgehead atoms. The maximum absolute atomic E-state index is 12.4. The van der Waals surface area contributed by atoms with Crippen molar-refractivity contribution < 1.29 is 0 Å². The molecule has 148 valence electrons. The zero-order valence-electron chi connectivity index (χ0n) is 16.8. The van der Waals surface area contributed by atoms with Crippen LogP contribution in [0.1, 0.15) is 64.3 Å². The van der Waals surface area contributed by atoms with Crippen molar-refractivity contribution in [3.63, 3.8) is 0 Å². The Balaban J connectivity index is 2.23. The van der Waals surface area contributed by atoms with Crippen LogP contribution in [0, 0.1) is 28.7 Å². The fourth-order valence-corrected chi connectivity index (χ4v) is 2.77. The van der Waals surface area contributed by atoms with E-state index in [1.807, 2.05) is 47.6 Å². The van der Waals surface area contributed by atoms with E-state index < -0.39 is 10.8 Å². The zero-order chi connectivity index (χ0) is 21.0. The van der Waals surface area contributed by atoms with E-state index in [-0.39, 0.29) is 33.4 Å². The van der Waals surface area contributed by atoms with Gasteiger partial charge < -0.3 is 15.1 Å². The maximum Gasteiger partial charge on any atom is 0.187 e. The number of azo groups is 1. The molecule has 0 N–H and O–H groups in total. The summed E-state index contributed by atoms with van der Waals surface area (Å²) < 4.78 is 1.81. The Bertz CT molecular complexity index is 1130. The molecule has 0 amide bonds. The average Bonchev–Trinajstić information content (AvgIpc) is 3.17. The molecular formula is C17H21N9O2-2. The number of hydrogen-bond acceptors (Lipinski definition) is 8. The van der Waals surface area contributed by atoms with Gasteiger partial charge in [0.05, 0.1) is 11.4 Å². The van der Waals surface area contributed by atoms with Gasteiger partial charge in [0, 0.05) is 10.8 Å². The average molecular weight is 383 g/mol. The molecule has 3 aromatic heterocycles. The van der Waals surface area contributed by atoms with Crippen molar-refractivity contribution in [1.82, 2.24) is 29.5 Å². The summed E-state index contributed by atoms with van der Waals surface area (Å²) in [6.45, 7) is 12.8. The Labute approximate surface area is 161 Å². The Morgan fingerprint density at radius 1 is 0.929 bits per heavy atom. The lowest BCUT2D eigenvalue weighted by Crippen LogP contribution is -2.13. The molecule has 3 heterocycles. The molecule has 0 aliphatic heterocycles. The molecule has 0 radical (unpaired) electrons. The molecule has 11 heteroatoms. The van der Waals surface area contributed by atoms with Gasteiger partial charge in [-0.1, -0.05) is 41.5 Å². The van der Waals surface area contributed by atoms with Gasteiger partial charge in [0.15, 0.2) is 17.2 Å². The largest absolute Gasteiger partial charge is 0.803 e. The van der Waals surface area contributed by atoms with Crippen LogP contribution in [0.25, 0.3) is 5.65 Å². The molecule has 0 atom stereocenters. The first-order valence-corrected chi connectivity index (χ1v) is 8.65. The zero-order valence-corrected chi connectivity index (χ0v) is 16.8. The summed E-state index contributed by atoms with van der Waals surface area (Å²) >= 11 is 0. The Morgan fingerprint density at radius 2 is 1.54 bits per heavy atom. The molecule has 28 heavy (non-hydrogen) atoms. The van der Waals surface area contributed by atoms with Crippen LogP contribution in [0.2, 0.25) is 0 Å². The molecule has 0 aromatic carbocycles. The van der Waals surface area contributed by atoms with Crippen molar-refractivity contribution in [2.75, 3.05) is 0 Å². The second-order valence-corrected chi connectivity index (χ2v) is 8.58. The van der Waals surface area contributed by atoms with Gasteiger partial charge in [0.2, 0.25) is 0 Å². The third kappa shape index (κ3) is 2.96. The molecule has 11 nitrogen and oxygen atoms in total. The van der Waals surface area contributed by atoms with E-state index in [1.54, 1.807) is 6.92 Å². The predicted octanol–water partition coefficient (Wildman–Crippen LogP) is 3.61. The smallest absolute Gasteiger partial charge is 0.187 e. The summed E-state index contributed by atoms with van der Waals surface area (Å²) in [4.78, 5) is 0.278. The number of nitrogens with zero attached hydrogens (tertiary/aromatic N) is 9. The summed E-state index contributed by atoms with van der Waals surface area (Å²) in [6, 6.07) is 1.98. The lowest BCUT2D eigenvalue weighted by Gasteiger charge is -2.16. The first-order chi connectivity index (χ1) is 12.9. The van der Waals surface area contributed by atoms with Crippen LogP contribution in [0.3, 0.4) is 0 Å². The van der Waals surface area contributed by atoms with Gasteiger partial charge in [-0.3, -0.25) is 4.85 Å².